The molecule has 26 heavy (non-hydrogen) atoms. The second-order valence-corrected chi connectivity index (χ2v) is 7.93. The lowest BCUT2D eigenvalue weighted by Crippen LogP contribution is -2.34. The summed E-state index contributed by atoms with van der Waals surface area (Å²) in [4.78, 5) is 12.5. The normalized spacial score (nSPS) is 11.6. The lowest BCUT2D eigenvalue weighted by molar-refractivity contribution is 0.0956. The monoisotopic (exact) mass is 371 g/mol. The molecule has 0 radical (unpaired) electrons. The van der Waals surface area contributed by atoms with E-state index in [1.54, 1.807) is 0 Å². The fourth-order valence-electron chi connectivity index (χ4n) is 2.85. The summed E-state index contributed by atoms with van der Waals surface area (Å²) >= 11 is 0. The Bertz CT molecular complexity index is 1010. The zero-order chi connectivity index (χ0) is 18.6. The van der Waals surface area contributed by atoms with Crippen LogP contribution in [0.5, 0.6) is 0 Å². The number of carbonyl (C=O) groups excluding carboxylic acids is 1. The largest absolute Gasteiger partial charge is 0.351 e. The highest BCUT2D eigenvalue weighted by Crippen LogP contribution is 2.22. The Balaban J connectivity index is 1.79. The quantitative estimate of drug-likeness (QED) is 0.623. The smallest absolute Gasteiger partial charge is 0.253 e. The van der Waals surface area contributed by atoms with E-state index in [0.717, 1.165) is 22.7 Å². The predicted octanol–water partition coefficient (Wildman–Crippen LogP) is 1.97. The molecule has 3 rings (SSSR count). The van der Waals surface area contributed by atoms with Crippen molar-refractivity contribution in [1.82, 2.24) is 14.6 Å². The highest BCUT2D eigenvalue weighted by Gasteiger charge is 2.14. The topological polar surface area (TPSA) is 80.2 Å². The fourth-order valence-corrected chi connectivity index (χ4v) is 3.32. The molecule has 0 saturated carbocycles. The highest BCUT2D eigenvalue weighted by molar-refractivity contribution is 7.88. The van der Waals surface area contributed by atoms with Crippen molar-refractivity contribution in [3.8, 4) is 0 Å². The Morgan fingerprint density at radius 2 is 1.69 bits per heavy atom. The molecule has 0 aliphatic heterocycles. The number of nitrogens with zero attached hydrogens (tertiary/aromatic N) is 1. The molecule has 0 aliphatic rings. The molecule has 0 aliphatic carbocycles. The van der Waals surface area contributed by atoms with Gasteiger partial charge in [-0.2, -0.15) is 0 Å². The molecule has 1 heterocycles. The summed E-state index contributed by atoms with van der Waals surface area (Å²) < 4.78 is 26.5. The van der Waals surface area contributed by atoms with Crippen molar-refractivity contribution < 1.29 is 13.2 Å². The van der Waals surface area contributed by atoms with Gasteiger partial charge in [0, 0.05) is 36.7 Å². The van der Waals surface area contributed by atoms with Crippen molar-refractivity contribution in [3.63, 3.8) is 0 Å². The average Bonchev–Trinajstić information content (AvgIpc) is 2.98. The van der Waals surface area contributed by atoms with Crippen LogP contribution >= 0.6 is 0 Å². The molecule has 7 heteroatoms. The van der Waals surface area contributed by atoms with Crippen LogP contribution in [0.15, 0.2) is 60.8 Å². The zero-order valence-corrected chi connectivity index (χ0v) is 15.3. The van der Waals surface area contributed by atoms with Crippen LogP contribution in [0.2, 0.25) is 0 Å². The van der Waals surface area contributed by atoms with E-state index >= 15 is 0 Å². The van der Waals surface area contributed by atoms with Gasteiger partial charge in [-0.05, 0) is 11.6 Å². The molecule has 0 fully saturated rings. The number of hydrogen-bond donors (Lipinski definition) is 2. The van der Waals surface area contributed by atoms with Crippen LogP contribution in [0.1, 0.15) is 15.9 Å². The van der Waals surface area contributed by atoms with E-state index in [0.29, 0.717) is 12.1 Å². The van der Waals surface area contributed by atoms with Crippen LogP contribution in [0, 0.1) is 0 Å². The first-order valence-corrected chi connectivity index (χ1v) is 10.2. The minimum absolute atomic E-state index is 0.160. The van der Waals surface area contributed by atoms with Crippen LogP contribution in [0.4, 0.5) is 0 Å². The number of benzene rings is 2. The van der Waals surface area contributed by atoms with Gasteiger partial charge in [0.05, 0.1) is 11.8 Å². The molecule has 0 atom stereocenters. The van der Waals surface area contributed by atoms with Crippen LogP contribution in [0.3, 0.4) is 0 Å². The second kappa shape index (κ2) is 7.72. The standard InChI is InChI=1S/C19H21N3O3S/c1-26(24,25)21-12-11-20-19(23)17-14-22(13-15-7-3-2-4-8-15)18-10-6-5-9-16(17)18/h2-10,14,21H,11-13H2,1H3,(H,20,23). The number of rotatable bonds is 7. The Labute approximate surface area is 152 Å². The molecule has 2 aromatic carbocycles. The molecule has 0 bridgehead atoms. The van der Waals surface area contributed by atoms with E-state index in [2.05, 4.69) is 10.0 Å². The minimum atomic E-state index is -3.26. The third-order valence-corrected chi connectivity index (χ3v) is 4.73. The third kappa shape index (κ3) is 4.50. The maximum Gasteiger partial charge on any atom is 0.253 e. The lowest BCUT2D eigenvalue weighted by atomic mass is 10.1. The van der Waals surface area contributed by atoms with Crippen LogP contribution in [0.25, 0.3) is 10.9 Å². The summed E-state index contributed by atoms with van der Waals surface area (Å²) in [6.45, 7) is 1.06. The fraction of sp³-hybridized carbons (Fsp3) is 0.211. The molecule has 0 unspecified atom stereocenters. The Morgan fingerprint density at radius 3 is 2.42 bits per heavy atom. The SMILES string of the molecule is CS(=O)(=O)NCCNC(=O)c1cn(Cc2ccccc2)c2ccccc12. The van der Waals surface area contributed by atoms with Crippen molar-refractivity contribution in [2.75, 3.05) is 19.3 Å². The number of amides is 1. The highest BCUT2D eigenvalue weighted by atomic mass is 32.2. The van der Waals surface area contributed by atoms with Gasteiger partial charge in [-0.1, -0.05) is 48.5 Å². The average molecular weight is 371 g/mol. The molecule has 1 aromatic heterocycles. The summed E-state index contributed by atoms with van der Waals surface area (Å²) in [7, 11) is -3.26. The molecule has 2 N–H and O–H groups in total. The number of sulfonamides is 1. The van der Waals surface area contributed by atoms with E-state index < -0.39 is 10.0 Å². The summed E-state index contributed by atoms with van der Waals surface area (Å²) in [5.74, 6) is -0.219. The maximum absolute atomic E-state index is 12.5. The van der Waals surface area contributed by atoms with E-state index in [9.17, 15) is 13.2 Å². The van der Waals surface area contributed by atoms with E-state index in [4.69, 9.17) is 0 Å². The van der Waals surface area contributed by atoms with Gasteiger partial charge >= 0.3 is 0 Å². The molecular weight excluding hydrogens is 350 g/mol. The van der Waals surface area contributed by atoms with E-state index in [1.165, 1.54) is 0 Å². The summed E-state index contributed by atoms with van der Waals surface area (Å²) in [6, 6.07) is 17.8. The third-order valence-electron chi connectivity index (χ3n) is 4.00. The van der Waals surface area contributed by atoms with Crippen LogP contribution < -0.4 is 10.0 Å². The Kier molecular flexibility index (Phi) is 5.39. The van der Waals surface area contributed by atoms with Crippen molar-refractivity contribution in [2.45, 2.75) is 6.54 Å². The predicted molar refractivity (Wildman–Crippen MR) is 103 cm³/mol. The van der Waals surface area contributed by atoms with Crippen molar-refractivity contribution in [3.05, 3.63) is 71.9 Å². The summed E-state index contributed by atoms with van der Waals surface area (Å²) in [6.07, 6.45) is 2.93. The summed E-state index contributed by atoms with van der Waals surface area (Å²) in [5.41, 5.74) is 2.71. The number of nitrogens with one attached hydrogen (secondary N) is 2. The van der Waals surface area contributed by atoms with Gasteiger partial charge in [0.15, 0.2) is 0 Å². The molecular formula is C19H21N3O3S. The minimum Gasteiger partial charge on any atom is -0.351 e. The number of carbonyl (C=O) groups is 1. The first-order valence-electron chi connectivity index (χ1n) is 8.29. The van der Waals surface area contributed by atoms with Gasteiger partial charge in [-0.3, -0.25) is 4.79 Å². The molecule has 0 spiro atoms. The van der Waals surface area contributed by atoms with Crippen LogP contribution in [-0.4, -0.2) is 38.2 Å². The van der Waals surface area contributed by atoms with Gasteiger partial charge in [0.25, 0.3) is 5.91 Å². The Morgan fingerprint density at radius 1 is 1.00 bits per heavy atom. The molecule has 136 valence electrons. The molecule has 6 nitrogen and oxygen atoms in total. The maximum atomic E-state index is 12.5. The van der Waals surface area contributed by atoms with Gasteiger partial charge in [-0.25, -0.2) is 13.1 Å². The van der Waals surface area contributed by atoms with Crippen molar-refractivity contribution in [2.24, 2.45) is 0 Å². The molecule has 1 amide bonds. The van der Waals surface area contributed by atoms with Crippen LogP contribution in [-0.2, 0) is 16.6 Å². The number of para-hydroxylation sites is 1. The van der Waals surface area contributed by atoms with E-state index in [1.807, 2.05) is 65.4 Å². The van der Waals surface area contributed by atoms with Gasteiger partial charge in [0.1, 0.15) is 0 Å². The van der Waals surface area contributed by atoms with Crippen molar-refractivity contribution in [1.29, 1.82) is 0 Å². The molecule has 3 aromatic rings. The van der Waals surface area contributed by atoms with Crippen molar-refractivity contribution >= 4 is 26.8 Å². The number of hydrogen-bond acceptors (Lipinski definition) is 3. The summed E-state index contributed by atoms with van der Waals surface area (Å²) in [5, 5.41) is 3.63. The second-order valence-electron chi connectivity index (χ2n) is 6.10. The lowest BCUT2D eigenvalue weighted by Gasteiger charge is -2.05. The Hall–Kier alpha value is -2.64. The van der Waals surface area contributed by atoms with Gasteiger partial charge in [-0.15, -0.1) is 0 Å². The van der Waals surface area contributed by atoms with Gasteiger partial charge in [0.2, 0.25) is 10.0 Å². The zero-order valence-electron chi connectivity index (χ0n) is 14.5. The number of aromatic nitrogens is 1. The molecule has 0 saturated heterocycles. The number of fused-ring (bicyclic) bond motifs is 1. The van der Waals surface area contributed by atoms with E-state index in [-0.39, 0.29) is 19.0 Å². The first-order chi connectivity index (χ1) is 12.4. The van der Waals surface area contributed by atoms with Gasteiger partial charge < -0.3 is 9.88 Å². The first kappa shape index (κ1) is 18.2.